The fourth-order valence-corrected chi connectivity index (χ4v) is 3.58. The van der Waals surface area contributed by atoms with Crippen LogP contribution in [0, 0.1) is 11.6 Å². The molecule has 2 heterocycles. The van der Waals surface area contributed by atoms with Gasteiger partial charge in [-0.25, -0.2) is 13.8 Å². The SMILES string of the molecule is NCc1cc(F)ccc1-c1cc(Cl)c(C(=O)Nc2cnc(-n3nccn3)c(Cl)c2)cc1F. The second-order valence-electron chi connectivity index (χ2n) is 6.62. The molecule has 2 aromatic heterocycles. The van der Waals surface area contributed by atoms with Gasteiger partial charge in [-0.3, -0.25) is 4.79 Å². The highest BCUT2D eigenvalue weighted by molar-refractivity contribution is 6.35. The number of nitrogens with two attached hydrogens (primary N) is 1. The molecule has 0 saturated heterocycles. The molecule has 0 bridgehead atoms. The van der Waals surface area contributed by atoms with Crippen molar-refractivity contribution in [2.24, 2.45) is 5.73 Å². The summed E-state index contributed by atoms with van der Waals surface area (Å²) >= 11 is 12.5. The van der Waals surface area contributed by atoms with Crippen LogP contribution >= 0.6 is 23.2 Å². The van der Waals surface area contributed by atoms with Crippen LogP contribution in [0.5, 0.6) is 0 Å². The van der Waals surface area contributed by atoms with Gasteiger partial charge in [0.15, 0.2) is 5.82 Å². The summed E-state index contributed by atoms with van der Waals surface area (Å²) in [6.07, 6.45) is 4.29. The Kier molecular flexibility index (Phi) is 6.13. The summed E-state index contributed by atoms with van der Waals surface area (Å²) in [6.45, 7) is 0.00416. The molecule has 4 rings (SSSR count). The molecule has 0 aliphatic heterocycles. The molecule has 0 saturated carbocycles. The molecule has 4 aromatic rings. The van der Waals surface area contributed by atoms with E-state index in [1.54, 1.807) is 0 Å². The van der Waals surface area contributed by atoms with E-state index in [0.29, 0.717) is 11.1 Å². The van der Waals surface area contributed by atoms with Gasteiger partial charge < -0.3 is 11.1 Å². The lowest BCUT2D eigenvalue weighted by atomic mass is 9.97. The Morgan fingerprint density at radius 1 is 1.03 bits per heavy atom. The number of halogens is 4. The zero-order chi connectivity index (χ0) is 22.8. The lowest BCUT2D eigenvalue weighted by molar-refractivity contribution is 0.102. The minimum absolute atomic E-state index is 0.00242. The third kappa shape index (κ3) is 4.31. The average Bonchev–Trinajstić information content (AvgIpc) is 3.29. The average molecular weight is 475 g/mol. The highest BCUT2D eigenvalue weighted by Crippen LogP contribution is 2.32. The number of carbonyl (C=O) groups excluding carboxylic acids is 1. The van der Waals surface area contributed by atoms with Crippen LogP contribution in [0.25, 0.3) is 16.9 Å². The molecule has 3 N–H and O–H groups in total. The van der Waals surface area contributed by atoms with Gasteiger partial charge in [0.05, 0.1) is 39.9 Å². The van der Waals surface area contributed by atoms with E-state index >= 15 is 0 Å². The standard InChI is InChI=1S/C21H14Cl2F2N6O/c22-17-7-15(14-2-1-12(24)5-11(14)9-26)19(25)8-16(17)21(32)30-13-6-18(23)20(27-10-13)31-28-3-4-29-31/h1-8,10H,9,26H2,(H,30,32). The van der Waals surface area contributed by atoms with E-state index in [1.807, 2.05) is 0 Å². The molecule has 32 heavy (non-hydrogen) atoms. The number of anilines is 1. The number of rotatable bonds is 5. The number of nitrogens with one attached hydrogen (secondary N) is 1. The fourth-order valence-electron chi connectivity index (χ4n) is 3.09. The molecular formula is C21H14Cl2F2N6O. The topological polar surface area (TPSA) is 98.7 Å². The molecule has 1 amide bonds. The number of hydrogen-bond acceptors (Lipinski definition) is 5. The molecule has 2 aromatic carbocycles. The quantitative estimate of drug-likeness (QED) is 0.439. The summed E-state index contributed by atoms with van der Waals surface area (Å²) in [7, 11) is 0. The van der Waals surface area contributed by atoms with E-state index < -0.39 is 17.5 Å². The van der Waals surface area contributed by atoms with E-state index in [9.17, 15) is 13.6 Å². The minimum Gasteiger partial charge on any atom is -0.326 e. The van der Waals surface area contributed by atoms with E-state index in [4.69, 9.17) is 28.9 Å². The lowest BCUT2D eigenvalue weighted by Crippen LogP contribution is -2.14. The van der Waals surface area contributed by atoms with Crippen molar-refractivity contribution in [3.8, 4) is 16.9 Å². The maximum Gasteiger partial charge on any atom is 0.257 e. The van der Waals surface area contributed by atoms with Gasteiger partial charge >= 0.3 is 0 Å². The minimum atomic E-state index is -0.711. The van der Waals surface area contributed by atoms with Crippen molar-refractivity contribution in [2.75, 3.05) is 5.32 Å². The van der Waals surface area contributed by atoms with Gasteiger partial charge in [-0.1, -0.05) is 29.3 Å². The van der Waals surface area contributed by atoms with Crippen molar-refractivity contribution in [1.82, 2.24) is 20.0 Å². The first-order chi connectivity index (χ1) is 15.4. The number of amides is 1. The molecule has 11 heteroatoms. The summed E-state index contributed by atoms with van der Waals surface area (Å²) in [5, 5.41) is 10.6. The van der Waals surface area contributed by atoms with Crippen molar-refractivity contribution < 1.29 is 13.6 Å². The molecule has 0 fully saturated rings. The first-order valence-electron chi connectivity index (χ1n) is 9.19. The molecule has 0 atom stereocenters. The van der Waals surface area contributed by atoms with Crippen molar-refractivity contribution >= 4 is 34.8 Å². The van der Waals surface area contributed by atoms with Crippen molar-refractivity contribution in [3.05, 3.63) is 87.8 Å². The lowest BCUT2D eigenvalue weighted by Gasteiger charge is -2.13. The van der Waals surface area contributed by atoms with Crippen LogP contribution in [0.1, 0.15) is 15.9 Å². The van der Waals surface area contributed by atoms with E-state index in [1.165, 1.54) is 53.7 Å². The van der Waals surface area contributed by atoms with Crippen LogP contribution in [-0.4, -0.2) is 25.9 Å². The number of nitrogens with zero attached hydrogens (tertiary/aromatic N) is 4. The Balaban J connectivity index is 1.61. The van der Waals surface area contributed by atoms with Crippen molar-refractivity contribution in [2.45, 2.75) is 6.54 Å². The molecule has 0 spiro atoms. The van der Waals surface area contributed by atoms with Gasteiger partial charge in [-0.05, 0) is 41.5 Å². The summed E-state index contributed by atoms with van der Waals surface area (Å²) in [6, 6.07) is 7.60. The summed E-state index contributed by atoms with van der Waals surface area (Å²) < 4.78 is 28.4. The Morgan fingerprint density at radius 2 is 1.78 bits per heavy atom. The van der Waals surface area contributed by atoms with Crippen LogP contribution in [0.4, 0.5) is 14.5 Å². The second-order valence-corrected chi connectivity index (χ2v) is 7.43. The maximum absolute atomic E-state index is 14.9. The summed E-state index contributed by atoms with van der Waals surface area (Å²) in [5.41, 5.74) is 6.72. The first kappa shape index (κ1) is 21.8. The summed E-state index contributed by atoms with van der Waals surface area (Å²) in [5.74, 6) is -1.59. The van der Waals surface area contributed by atoms with Gasteiger partial charge in [-0.2, -0.15) is 10.2 Å². The van der Waals surface area contributed by atoms with Crippen molar-refractivity contribution in [3.63, 3.8) is 0 Å². The predicted octanol–water partition coefficient (Wildman–Crippen LogP) is 4.63. The van der Waals surface area contributed by atoms with Crippen LogP contribution in [-0.2, 0) is 6.54 Å². The van der Waals surface area contributed by atoms with Crippen LogP contribution in [0.2, 0.25) is 10.0 Å². The van der Waals surface area contributed by atoms with Gasteiger partial charge in [0.25, 0.3) is 5.91 Å². The third-order valence-electron chi connectivity index (χ3n) is 4.57. The largest absolute Gasteiger partial charge is 0.326 e. The Labute approximate surface area is 190 Å². The number of pyridine rings is 1. The van der Waals surface area contributed by atoms with Crippen LogP contribution in [0.3, 0.4) is 0 Å². The summed E-state index contributed by atoms with van der Waals surface area (Å²) in [4.78, 5) is 18.1. The van der Waals surface area contributed by atoms with Gasteiger partial charge in [0.1, 0.15) is 11.6 Å². The van der Waals surface area contributed by atoms with Gasteiger partial charge in [-0.15, -0.1) is 4.80 Å². The maximum atomic E-state index is 14.9. The Morgan fingerprint density at radius 3 is 2.47 bits per heavy atom. The molecular weight excluding hydrogens is 461 g/mol. The third-order valence-corrected chi connectivity index (χ3v) is 5.16. The van der Waals surface area contributed by atoms with Gasteiger partial charge in [0, 0.05) is 12.1 Å². The fraction of sp³-hybridized carbons (Fsp3) is 0.0476. The van der Waals surface area contributed by atoms with Crippen molar-refractivity contribution in [1.29, 1.82) is 0 Å². The monoisotopic (exact) mass is 474 g/mol. The number of aromatic nitrogens is 4. The molecule has 0 aliphatic carbocycles. The molecule has 0 aliphatic rings. The second kappa shape index (κ2) is 8.99. The van der Waals surface area contributed by atoms with E-state index in [2.05, 4.69) is 20.5 Å². The predicted molar refractivity (Wildman–Crippen MR) is 117 cm³/mol. The smallest absolute Gasteiger partial charge is 0.257 e. The molecule has 0 radical (unpaired) electrons. The van der Waals surface area contributed by atoms with E-state index in [0.717, 1.165) is 6.07 Å². The Hall–Kier alpha value is -3.40. The number of carbonyl (C=O) groups is 1. The zero-order valence-electron chi connectivity index (χ0n) is 16.2. The van der Waals surface area contributed by atoms with Crippen LogP contribution < -0.4 is 11.1 Å². The van der Waals surface area contributed by atoms with E-state index in [-0.39, 0.29) is 39.2 Å². The molecule has 162 valence electrons. The number of hydrogen-bond donors (Lipinski definition) is 2. The first-order valence-corrected chi connectivity index (χ1v) is 9.94. The van der Waals surface area contributed by atoms with Crippen LogP contribution in [0.15, 0.2) is 55.0 Å². The molecule has 7 nitrogen and oxygen atoms in total. The van der Waals surface area contributed by atoms with Gasteiger partial charge in [0.2, 0.25) is 0 Å². The zero-order valence-corrected chi connectivity index (χ0v) is 17.7. The highest BCUT2D eigenvalue weighted by Gasteiger charge is 2.18. The highest BCUT2D eigenvalue weighted by atomic mass is 35.5. The molecule has 0 unspecified atom stereocenters. The number of benzene rings is 2. The Bertz CT molecular complexity index is 1310. The normalized spacial score (nSPS) is 10.9.